The molecule has 0 unspecified atom stereocenters. The van der Waals surface area contributed by atoms with E-state index in [-0.39, 0.29) is 12.7 Å². The highest BCUT2D eigenvalue weighted by molar-refractivity contribution is 8.00. The number of rotatable bonds is 6. The molecule has 1 saturated carbocycles. The molecular formula is C23H25NO5S. The van der Waals surface area contributed by atoms with Crippen molar-refractivity contribution in [3.8, 4) is 23.0 Å². The fourth-order valence-corrected chi connectivity index (χ4v) is 5.02. The molecule has 158 valence electrons. The van der Waals surface area contributed by atoms with E-state index in [4.69, 9.17) is 18.9 Å². The zero-order valence-electron chi connectivity index (χ0n) is 16.8. The summed E-state index contributed by atoms with van der Waals surface area (Å²) in [5, 5.41) is 0. The minimum Gasteiger partial charge on any atom is -0.486 e. The number of carbonyl (C=O) groups excluding carboxylic acids is 1. The summed E-state index contributed by atoms with van der Waals surface area (Å²) in [7, 11) is 0. The number of hydrogen-bond acceptors (Lipinski definition) is 6. The average Bonchev–Trinajstić information content (AvgIpc) is 3.47. The van der Waals surface area contributed by atoms with Gasteiger partial charge in [-0.2, -0.15) is 0 Å². The molecule has 0 atom stereocenters. The van der Waals surface area contributed by atoms with E-state index in [2.05, 4.69) is 4.90 Å². The number of fused-ring (bicyclic) bond motifs is 2. The molecule has 0 N–H and O–H groups in total. The van der Waals surface area contributed by atoms with E-state index >= 15 is 0 Å². The summed E-state index contributed by atoms with van der Waals surface area (Å²) in [5.41, 5.74) is 1.07. The van der Waals surface area contributed by atoms with Gasteiger partial charge in [-0.15, -0.1) is 11.8 Å². The predicted octanol–water partition coefficient (Wildman–Crippen LogP) is 4.25. The number of ether oxygens (including phenoxy) is 4. The lowest BCUT2D eigenvalue weighted by molar-refractivity contribution is -0.131. The fraction of sp³-hybridized carbons (Fsp3) is 0.435. The van der Waals surface area contributed by atoms with Gasteiger partial charge in [0.05, 0.1) is 5.75 Å². The van der Waals surface area contributed by atoms with Crippen LogP contribution in [0.1, 0.15) is 31.2 Å². The number of amides is 1. The first kappa shape index (κ1) is 19.4. The second-order valence-corrected chi connectivity index (χ2v) is 8.79. The van der Waals surface area contributed by atoms with Gasteiger partial charge in [0, 0.05) is 17.5 Å². The van der Waals surface area contributed by atoms with Gasteiger partial charge >= 0.3 is 0 Å². The van der Waals surface area contributed by atoms with Crippen LogP contribution in [0.3, 0.4) is 0 Å². The van der Waals surface area contributed by atoms with Crippen LogP contribution in [0.25, 0.3) is 0 Å². The Balaban J connectivity index is 1.27. The fourth-order valence-electron chi connectivity index (χ4n) is 4.21. The number of carbonyl (C=O) groups is 1. The summed E-state index contributed by atoms with van der Waals surface area (Å²) >= 11 is 1.55. The van der Waals surface area contributed by atoms with Crippen molar-refractivity contribution in [2.24, 2.45) is 0 Å². The Hall–Kier alpha value is -2.54. The summed E-state index contributed by atoms with van der Waals surface area (Å²) in [5.74, 6) is 3.63. The Labute approximate surface area is 180 Å². The molecule has 7 heteroatoms. The first-order chi connectivity index (χ1) is 14.8. The van der Waals surface area contributed by atoms with Gasteiger partial charge in [-0.1, -0.05) is 18.9 Å². The average molecular weight is 428 g/mol. The van der Waals surface area contributed by atoms with Gasteiger partial charge in [-0.3, -0.25) is 4.79 Å². The van der Waals surface area contributed by atoms with E-state index in [0.29, 0.717) is 31.6 Å². The molecule has 0 saturated heterocycles. The Morgan fingerprint density at radius 1 is 0.900 bits per heavy atom. The molecule has 6 nitrogen and oxygen atoms in total. The molecule has 3 aliphatic rings. The van der Waals surface area contributed by atoms with Crippen LogP contribution in [-0.4, -0.2) is 42.6 Å². The van der Waals surface area contributed by atoms with Crippen molar-refractivity contribution >= 4 is 17.7 Å². The summed E-state index contributed by atoms with van der Waals surface area (Å²) in [4.78, 5) is 16.3. The van der Waals surface area contributed by atoms with Crippen molar-refractivity contribution < 1.29 is 23.7 Å². The highest BCUT2D eigenvalue weighted by Crippen LogP contribution is 2.36. The summed E-state index contributed by atoms with van der Waals surface area (Å²) < 4.78 is 22.2. The van der Waals surface area contributed by atoms with E-state index in [9.17, 15) is 4.79 Å². The Bertz CT molecular complexity index is 928. The molecule has 2 aromatic rings. The van der Waals surface area contributed by atoms with Crippen LogP contribution in [0.15, 0.2) is 41.3 Å². The molecule has 0 radical (unpaired) electrons. The van der Waals surface area contributed by atoms with E-state index in [1.54, 1.807) is 11.8 Å². The topological polar surface area (TPSA) is 57.2 Å². The second kappa shape index (κ2) is 8.68. The van der Waals surface area contributed by atoms with Gasteiger partial charge in [-0.05, 0) is 48.7 Å². The first-order valence-corrected chi connectivity index (χ1v) is 11.5. The van der Waals surface area contributed by atoms with E-state index in [1.165, 1.54) is 12.8 Å². The summed E-state index contributed by atoms with van der Waals surface area (Å²) in [6.07, 6.45) is 4.52. The lowest BCUT2D eigenvalue weighted by atomic mass is 10.1. The van der Waals surface area contributed by atoms with Crippen LogP contribution in [0.5, 0.6) is 23.0 Å². The molecule has 2 heterocycles. The maximum Gasteiger partial charge on any atom is 0.233 e. The Morgan fingerprint density at radius 2 is 1.60 bits per heavy atom. The molecular weight excluding hydrogens is 402 g/mol. The van der Waals surface area contributed by atoms with Gasteiger partial charge in [0.15, 0.2) is 23.0 Å². The number of hydrogen-bond donors (Lipinski definition) is 0. The zero-order valence-corrected chi connectivity index (χ0v) is 17.6. The molecule has 5 rings (SSSR count). The van der Waals surface area contributed by atoms with Gasteiger partial charge in [0.25, 0.3) is 0 Å². The van der Waals surface area contributed by atoms with Crippen LogP contribution in [0, 0.1) is 0 Å². The monoisotopic (exact) mass is 427 g/mol. The minimum absolute atomic E-state index is 0.166. The molecule has 0 aromatic heterocycles. The third kappa shape index (κ3) is 4.17. The normalized spacial score (nSPS) is 17.2. The lowest BCUT2D eigenvalue weighted by Crippen LogP contribution is -2.39. The van der Waals surface area contributed by atoms with Gasteiger partial charge in [-0.25, -0.2) is 0 Å². The van der Waals surface area contributed by atoms with Crippen LogP contribution in [0.4, 0.5) is 0 Å². The van der Waals surface area contributed by atoms with E-state index in [1.807, 2.05) is 36.4 Å². The maximum absolute atomic E-state index is 13.2. The van der Waals surface area contributed by atoms with Crippen LogP contribution < -0.4 is 18.9 Å². The SMILES string of the molecule is O=C(CSc1ccc2c(c1)OCCO2)N(Cc1ccc2c(c1)OCO2)C1CCCC1. The lowest BCUT2D eigenvalue weighted by Gasteiger charge is -2.29. The summed E-state index contributed by atoms with van der Waals surface area (Å²) in [6.45, 7) is 2.00. The zero-order chi connectivity index (χ0) is 20.3. The van der Waals surface area contributed by atoms with Gasteiger partial charge in [0.1, 0.15) is 13.2 Å². The molecule has 30 heavy (non-hydrogen) atoms. The minimum atomic E-state index is 0.166. The Morgan fingerprint density at radius 3 is 2.47 bits per heavy atom. The van der Waals surface area contributed by atoms with E-state index < -0.39 is 0 Å². The number of nitrogens with zero attached hydrogens (tertiary/aromatic N) is 1. The first-order valence-electron chi connectivity index (χ1n) is 10.5. The van der Waals surface area contributed by atoms with Crippen molar-refractivity contribution in [1.29, 1.82) is 0 Å². The Kier molecular flexibility index (Phi) is 5.62. The molecule has 2 aliphatic heterocycles. The predicted molar refractivity (Wildman–Crippen MR) is 114 cm³/mol. The standard InChI is InChI=1S/C23H25NO5S/c25-23(14-30-18-6-8-19-22(12-18)27-10-9-26-19)24(17-3-1-2-4-17)13-16-5-7-20-21(11-16)29-15-28-20/h5-8,11-12,17H,1-4,9-10,13-15H2. The second-order valence-electron chi connectivity index (χ2n) is 7.74. The van der Waals surface area contributed by atoms with Crippen LogP contribution in [-0.2, 0) is 11.3 Å². The highest BCUT2D eigenvalue weighted by Gasteiger charge is 2.27. The van der Waals surface area contributed by atoms with Crippen LogP contribution >= 0.6 is 11.8 Å². The van der Waals surface area contributed by atoms with Crippen molar-refractivity contribution in [2.75, 3.05) is 25.8 Å². The number of thioether (sulfide) groups is 1. The highest BCUT2D eigenvalue weighted by atomic mass is 32.2. The quantitative estimate of drug-likeness (QED) is 0.643. The third-order valence-corrected chi connectivity index (χ3v) is 6.73. The van der Waals surface area contributed by atoms with Gasteiger partial charge < -0.3 is 23.8 Å². The number of benzene rings is 2. The largest absolute Gasteiger partial charge is 0.486 e. The molecule has 0 bridgehead atoms. The van der Waals surface area contributed by atoms with Crippen molar-refractivity contribution in [2.45, 2.75) is 43.2 Å². The maximum atomic E-state index is 13.2. The molecule has 2 aromatic carbocycles. The molecule has 1 fully saturated rings. The molecule has 1 amide bonds. The van der Waals surface area contributed by atoms with E-state index in [0.717, 1.165) is 46.3 Å². The molecule has 0 spiro atoms. The third-order valence-electron chi connectivity index (χ3n) is 5.75. The summed E-state index contributed by atoms with van der Waals surface area (Å²) in [6, 6.07) is 12.1. The molecule has 1 aliphatic carbocycles. The van der Waals surface area contributed by atoms with Crippen molar-refractivity contribution in [1.82, 2.24) is 4.90 Å². The van der Waals surface area contributed by atoms with Crippen LogP contribution in [0.2, 0.25) is 0 Å². The smallest absolute Gasteiger partial charge is 0.233 e. The van der Waals surface area contributed by atoms with Crippen molar-refractivity contribution in [3.63, 3.8) is 0 Å². The van der Waals surface area contributed by atoms with Crippen molar-refractivity contribution in [3.05, 3.63) is 42.0 Å². The van der Waals surface area contributed by atoms with Gasteiger partial charge in [0.2, 0.25) is 12.7 Å².